The number of carbonyl (C=O) groups is 2. The highest BCUT2D eigenvalue weighted by Crippen LogP contribution is 2.52. The lowest BCUT2D eigenvalue weighted by molar-refractivity contribution is 0.0830. The minimum absolute atomic E-state index is 0.0157. The van der Waals surface area contributed by atoms with E-state index in [9.17, 15) is 19.8 Å². The van der Waals surface area contributed by atoms with E-state index in [0.29, 0.717) is 12.0 Å². The number of fused-ring (bicyclic) bond motifs is 2. The zero-order chi connectivity index (χ0) is 14.2. The first-order valence-electron chi connectivity index (χ1n) is 6.45. The maximum atomic E-state index is 12.5. The van der Waals surface area contributed by atoms with Gasteiger partial charge in [0, 0.05) is 23.1 Å². The molecule has 0 radical (unpaired) electrons. The number of hydrogen-bond donors (Lipinski definition) is 2. The van der Waals surface area contributed by atoms with E-state index in [1.165, 1.54) is 18.2 Å². The molecule has 5 heteroatoms. The molecular formula is C15H12O5. The molecule has 102 valence electrons. The van der Waals surface area contributed by atoms with Crippen LogP contribution in [-0.4, -0.2) is 39.6 Å². The van der Waals surface area contributed by atoms with E-state index in [-0.39, 0.29) is 34.3 Å². The van der Waals surface area contributed by atoms with Gasteiger partial charge in [0.1, 0.15) is 17.5 Å². The van der Waals surface area contributed by atoms with Gasteiger partial charge in [-0.25, -0.2) is 0 Å². The first-order valence-corrected chi connectivity index (χ1v) is 6.45. The Labute approximate surface area is 114 Å². The third-order valence-electron chi connectivity index (χ3n) is 4.54. The summed E-state index contributed by atoms with van der Waals surface area (Å²) in [5.41, 5.74) is -0.194. The van der Waals surface area contributed by atoms with Gasteiger partial charge < -0.3 is 14.9 Å². The van der Waals surface area contributed by atoms with E-state index < -0.39 is 17.5 Å². The molecule has 0 amide bonds. The van der Waals surface area contributed by atoms with Crippen molar-refractivity contribution in [1.82, 2.24) is 0 Å². The topological polar surface area (TPSA) is 87.1 Å². The van der Waals surface area contributed by atoms with Crippen LogP contribution in [0.4, 0.5) is 0 Å². The second kappa shape index (κ2) is 3.37. The van der Waals surface area contributed by atoms with Gasteiger partial charge in [0.15, 0.2) is 11.6 Å². The SMILES string of the molecule is C[C@@]12O[C@@H]1CC1=C(C(=O)c3c(O)cccc3C1=O)[C@H]2O. The highest BCUT2D eigenvalue weighted by Gasteiger charge is 2.63. The van der Waals surface area contributed by atoms with Crippen molar-refractivity contribution in [3.63, 3.8) is 0 Å². The second-order valence-corrected chi connectivity index (χ2v) is 5.65. The summed E-state index contributed by atoms with van der Waals surface area (Å²) < 4.78 is 5.44. The summed E-state index contributed by atoms with van der Waals surface area (Å²) in [6.45, 7) is 1.73. The molecule has 0 unspecified atom stereocenters. The van der Waals surface area contributed by atoms with E-state index in [2.05, 4.69) is 0 Å². The number of aromatic hydroxyl groups is 1. The molecule has 1 saturated heterocycles. The number of ketones is 2. The van der Waals surface area contributed by atoms with Crippen LogP contribution in [0.15, 0.2) is 29.3 Å². The van der Waals surface area contributed by atoms with Crippen LogP contribution in [0.5, 0.6) is 5.75 Å². The molecule has 1 aromatic carbocycles. The van der Waals surface area contributed by atoms with Crippen LogP contribution in [0.2, 0.25) is 0 Å². The minimum Gasteiger partial charge on any atom is -0.507 e. The van der Waals surface area contributed by atoms with Crippen molar-refractivity contribution in [3.8, 4) is 5.75 Å². The standard InChI is InChI=1S/C15H12O5/c1-15-9(20-15)5-7-11(14(15)19)13(18)10-6(12(7)17)3-2-4-8(10)16/h2-4,9,14,16,19H,5H2,1H3/t9-,14-,15-/m1/s1. The maximum absolute atomic E-state index is 12.5. The monoisotopic (exact) mass is 272 g/mol. The molecule has 4 rings (SSSR count). The Morgan fingerprint density at radius 2 is 2.05 bits per heavy atom. The predicted molar refractivity (Wildman–Crippen MR) is 67.7 cm³/mol. The summed E-state index contributed by atoms with van der Waals surface area (Å²) in [7, 11) is 0. The summed E-state index contributed by atoms with van der Waals surface area (Å²) in [4.78, 5) is 25.0. The summed E-state index contributed by atoms with van der Waals surface area (Å²) in [6.07, 6.45) is -1.00. The van der Waals surface area contributed by atoms with E-state index in [1.54, 1.807) is 6.92 Å². The number of rotatable bonds is 0. The molecule has 1 aromatic rings. The average Bonchev–Trinajstić information content (AvgIpc) is 3.08. The number of aliphatic hydroxyl groups excluding tert-OH is 1. The van der Waals surface area contributed by atoms with Crippen LogP contribution in [0, 0.1) is 0 Å². The number of benzene rings is 1. The molecule has 20 heavy (non-hydrogen) atoms. The third-order valence-corrected chi connectivity index (χ3v) is 4.54. The van der Waals surface area contributed by atoms with Gasteiger partial charge in [-0.3, -0.25) is 9.59 Å². The zero-order valence-electron chi connectivity index (χ0n) is 10.7. The third kappa shape index (κ3) is 1.19. The zero-order valence-corrected chi connectivity index (χ0v) is 10.7. The van der Waals surface area contributed by atoms with Crippen LogP contribution < -0.4 is 0 Å². The summed E-state index contributed by atoms with van der Waals surface area (Å²) in [5.74, 6) is -1.01. The van der Waals surface area contributed by atoms with Crippen molar-refractivity contribution in [1.29, 1.82) is 0 Å². The Hall–Kier alpha value is -1.98. The van der Waals surface area contributed by atoms with Crippen molar-refractivity contribution in [2.45, 2.75) is 31.2 Å². The van der Waals surface area contributed by atoms with Crippen molar-refractivity contribution >= 4 is 11.6 Å². The average molecular weight is 272 g/mol. The molecule has 0 saturated carbocycles. The fourth-order valence-corrected chi connectivity index (χ4v) is 3.25. The molecule has 2 aliphatic carbocycles. The van der Waals surface area contributed by atoms with E-state index in [1.807, 2.05) is 0 Å². The van der Waals surface area contributed by atoms with Gasteiger partial charge in [-0.05, 0) is 13.0 Å². The van der Waals surface area contributed by atoms with Gasteiger partial charge in [0.05, 0.1) is 11.7 Å². The first kappa shape index (κ1) is 11.8. The molecular weight excluding hydrogens is 260 g/mol. The maximum Gasteiger partial charge on any atom is 0.196 e. The number of epoxide rings is 1. The molecule has 0 spiro atoms. The molecule has 1 heterocycles. The lowest BCUT2D eigenvalue weighted by atomic mass is 9.72. The van der Waals surface area contributed by atoms with Crippen LogP contribution in [0.3, 0.4) is 0 Å². The Morgan fingerprint density at radius 1 is 1.30 bits per heavy atom. The summed E-state index contributed by atoms with van der Waals surface area (Å²) >= 11 is 0. The molecule has 5 nitrogen and oxygen atoms in total. The number of phenolic OH excluding ortho intramolecular Hbond substituents is 1. The van der Waals surface area contributed by atoms with Gasteiger partial charge in [-0.15, -0.1) is 0 Å². The van der Waals surface area contributed by atoms with Gasteiger partial charge in [-0.1, -0.05) is 12.1 Å². The van der Waals surface area contributed by atoms with E-state index in [4.69, 9.17) is 4.74 Å². The number of phenols is 1. The molecule has 3 atom stereocenters. The minimum atomic E-state index is -1.12. The van der Waals surface area contributed by atoms with Gasteiger partial charge in [0.2, 0.25) is 0 Å². The number of Topliss-reactive ketones (excluding diaryl/α,β-unsaturated/α-hetero) is 2. The van der Waals surface area contributed by atoms with Crippen LogP contribution in [0.25, 0.3) is 0 Å². The highest BCUT2D eigenvalue weighted by molar-refractivity contribution is 6.28. The fraction of sp³-hybridized carbons (Fsp3) is 0.333. The Kier molecular flexibility index (Phi) is 1.99. The van der Waals surface area contributed by atoms with Crippen molar-refractivity contribution < 1.29 is 24.5 Å². The quantitative estimate of drug-likeness (QED) is 0.688. The van der Waals surface area contributed by atoms with Crippen LogP contribution in [0.1, 0.15) is 34.1 Å². The van der Waals surface area contributed by atoms with Gasteiger partial charge in [-0.2, -0.15) is 0 Å². The lowest BCUT2D eigenvalue weighted by Crippen LogP contribution is -2.41. The lowest BCUT2D eigenvalue weighted by Gasteiger charge is -2.29. The van der Waals surface area contributed by atoms with Gasteiger partial charge >= 0.3 is 0 Å². The Balaban J connectivity index is 1.95. The Bertz CT molecular complexity index is 717. The van der Waals surface area contributed by atoms with Crippen LogP contribution >= 0.6 is 0 Å². The largest absolute Gasteiger partial charge is 0.507 e. The van der Waals surface area contributed by atoms with Crippen molar-refractivity contribution in [2.75, 3.05) is 0 Å². The number of ether oxygens (including phenoxy) is 1. The molecule has 1 aliphatic heterocycles. The Morgan fingerprint density at radius 3 is 2.80 bits per heavy atom. The normalized spacial score (nSPS) is 34.5. The first-order chi connectivity index (χ1) is 9.45. The van der Waals surface area contributed by atoms with E-state index >= 15 is 0 Å². The van der Waals surface area contributed by atoms with Crippen molar-refractivity contribution in [2.24, 2.45) is 0 Å². The second-order valence-electron chi connectivity index (χ2n) is 5.65. The van der Waals surface area contributed by atoms with E-state index in [0.717, 1.165) is 0 Å². The number of aliphatic hydroxyl groups is 1. The molecule has 0 bridgehead atoms. The smallest absolute Gasteiger partial charge is 0.196 e. The summed E-state index contributed by atoms with van der Waals surface area (Å²) in [5, 5.41) is 20.2. The molecule has 3 aliphatic rings. The van der Waals surface area contributed by atoms with Gasteiger partial charge in [0.25, 0.3) is 0 Å². The van der Waals surface area contributed by atoms with Crippen molar-refractivity contribution in [3.05, 3.63) is 40.5 Å². The molecule has 0 aromatic heterocycles. The number of carbonyl (C=O) groups excluding carboxylic acids is 2. The molecule has 2 N–H and O–H groups in total. The fourth-order valence-electron chi connectivity index (χ4n) is 3.25. The molecule has 1 fully saturated rings. The summed E-state index contributed by atoms with van der Waals surface area (Å²) in [6, 6.07) is 4.41. The highest BCUT2D eigenvalue weighted by atomic mass is 16.6. The van der Waals surface area contributed by atoms with Crippen LogP contribution in [-0.2, 0) is 4.74 Å². The predicted octanol–water partition coefficient (Wildman–Crippen LogP) is 0.990. The number of hydrogen-bond acceptors (Lipinski definition) is 5.